The lowest BCUT2D eigenvalue weighted by atomic mass is 9.47. The number of pyridine rings is 1. The second-order valence-electron chi connectivity index (χ2n) is 8.70. The van der Waals surface area contributed by atoms with E-state index >= 15 is 0 Å². The van der Waals surface area contributed by atoms with Crippen molar-refractivity contribution in [3.8, 4) is 11.3 Å². The molecule has 0 saturated heterocycles. The van der Waals surface area contributed by atoms with Gasteiger partial charge in [-0.25, -0.2) is 4.57 Å². The third kappa shape index (κ3) is 1.93. The fourth-order valence-electron chi connectivity index (χ4n) is 5.40. The molecule has 0 spiro atoms. The number of aromatic nitrogens is 1. The average molecular weight is 328 g/mol. The summed E-state index contributed by atoms with van der Waals surface area (Å²) in [6, 6.07) is 15.9. The quantitative estimate of drug-likeness (QED) is 0.532. The average Bonchev–Trinajstić information content (AvgIpc) is 2.61. The molecule has 1 nitrogen and oxygen atoms in total. The van der Waals surface area contributed by atoms with E-state index < -0.39 is 0 Å². The van der Waals surface area contributed by atoms with E-state index in [-0.39, 0.29) is 0 Å². The molecule has 1 fully saturated rings. The molecular weight excluding hydrogens is 302 g/mol. The molecule has 2 atom stereocenters. The topological polar surface area (TPSA) is 3.88 Å². The number of nitrogens with zero attached hydrogens (tertiary/aromatic N) is 1. The molecule has 3 aliphatic carbocycles. The number of hydrogen-bond acceptors (Lipinski definition) is 0. The van der Waals surface area contributed by atoms with Gasteiger partial charge in [-0.3, -0.25) is 0 Å². The fraction of sp³-hybridized carbons (Fsp3) is 0.375. The molecule has 0 N–H and O–H groups in total. The summed E-state index contributed by atoms with van der Waals surface area (Å²) >= 11 is 0. The molecule has 0 amide bonds. The highest BCUT2D eigenvalue weighted by Crippen LogP contribution is 2.63. The SMILES string of the molecule is Cc1ccccc1-c1c2ccc3c(c2cc[n+]1C)C1CC(C3)C1(C)C. The lowest BCUT2D eigenvalue weighted by Gasteiger charge is -2.57. The van der Waals surface area contributed by atoms with Crippen molar-refractivity contribution >= 4 is 10.8 Å². The molecule has 3 aliphatic rings. The van der Waals surface area contributed by atoms with E-state index in [4.69, 9.17) is 0 Å². The number of rotatable bonds is 1. The van der Waals surface area contributed by atoms with Crippen molar-refractivity contribution in [2.45, 2.75) is 39.5 Å². The number of hydrogen-bond donors (Lipinski definition) is 0. The Hall–Kier alpha value is -2.15. The summed E-state index contributed by atoms with van der Waals surface area (Å²) in [5, 5.41) is 2.88. The van der Waals surface area contributed by atoms with Gasteiger partial charge in [-0.05, 0) is 71.2 Å². The Labute approximate surface area is 150 Å². The predicted molar refractivity (Wildman–Crippen MR) is 104 cm³/mol. The highest BCUT2D eigenvalue weighted by atomic mass is 14.9. The predicted octanol–water partition coefficient (Wildman–Crippen LogP) is 5.33. The molecule has 1 heteroatoms. The van der Waals surface area contributed by atoms with Gasteiger partial charge >= 0.3 is 0 Å². The molecule has 3 aromatic rings. The van der Waals surface area contributed by atoms with Crippen LogP contribution in [-0.2, 0) is 13.5 Å². The molecule has 126 valence electrons. The van der Waals surface area contributed by atoms with Gasteiger partial charge in [-0.2, -0.15) is 0 Å². The van der Waals surface area contributed by atoms with Crippen LogP contribution in [0, 0.1) is 18.3 Å². The van der Waals surface area contributed by atoms with E-state index in [0.717, 1.165) is 11.8 Å². The van der Waals surface area contributed by atoms with Crippen molar-refractivity contribution in [1.29, 1.82) is 0 Å². The summed E-state index contributed by atoms with van der Waals surface area (Å²) in [4.78, 5) is 0. The van der Waals surface area contributed by atoms with Crippen molar-refractivity contribution in [3.05, 3.63) is 65.4 Å². The third-order valence-electron chi connectivity index (χ3n) is 7.14. The van der Waals surface area contributed by atoms with Crippen molar-refractivity contribution in [1.82, 2.24) is 0 Å². The van der Waals surface area contributed by atoms with Gasteiger partial charge in [0.1, 0.15) is 7.05 Å². The number of benzene rings is 2. The molecular formula is C24H26N+. The molecule has 1 saturated carbocycles. The van der Waals surface area contributed by atoms with E-state index in [1.807, 2.05) is 0 Å². The van der Waals surface area contributed by atoms with Gasteiger partial charge in [0, 0.05) is 11.6 Å². The third-order valence-corrected chi connectivity index (χ3v) is 7.14. The summed E-state index contributed by atoms with van der Waals surface area (Å²) in [5.41, 5.74) is 7.72. The van der Waals surface area contributed by atoms with E-state index in [1.54, 1.807) is 11.1 Å². The van der Waals surface area contributed by atoms with Crippen LogP contribution in [0.15, 0.2) is 48.7 Å². The first-order valence-corrected chi connectivity index (χ1v) is 9.48. The molecule has 2 unspecified atom stereocenters. The first kappa shape index (κ1) is 15.1. The zero-order chi connectivity index (χ0) is 17.3. The van der Waals surface area contributed by atoms with Gasteiger partial charge in [0.15, 0.2) is 6.20 Å². The van der Waals surface area contributed by atoms with Gasteiger partial charge in [-0.15, -0.1) is 0 Å². The second-order valence-corrected chi connectivity index (χ2v) is 8.70. The second kappa shape index (κ2) is 4.94. The smallest absolute Gasteiger partial charge is 0.200 e. The highest BCUT2D eigenvalue weighted by molar-refractivity contribution is 5.96. The Kier molecular flexibility index (Phi) is 2.99. The van der Waals surface area contributed by atoms with Crippen LogP contribution in [-0.4, -0.2) is 0 Å². The normalized spacial score (nSPS) is 23.2. The van der Waals surface area contributed by atoms with Gasteiger partial charge in [0.25, 0.3) is 0 Å². The van der Waals surface area contributed by atoms with Crippen molar-refractivity contribution in [2.75, 3.05) is 0 Å². The molecule has 1 aromatic heterocycles. The first-order chi connectivity index (χ1) is 12.0. The number of fused-ring (bicyclic) bond motifs is 1. The van der Waals surface area contributed by atoms with Crippen LogP contribution in [0.4, 0.5) is 0 Å². The molecule has 0 radical (unpaired) electrons. The van der Waals surface area contributed by atoms with Crippen LogP contribution in [0.2, 0.25) is 0 Å². The Morgan fingerprint density at radius 1 is 1.00 bits per heavy atom. The molecule has 2 aromatic carbocycles. The van der Waals surface area contributed by atoms with Gasteiger partial charge in [0.05, 0.1) is 5.39 Å². The maximum Gasteiger partial charge on any atom is 0.220 e. The van der Waals surface area contributed by atoms with E-state index in [1.165, 1.54) is 40.4 Å². The van der Waals surface area contributed by atoms with Crippen LogP contribution in [0.5, 0.6) is 0 Å². The lowest BCUT2D eigenvalue weighted by Crippen LogP contribution is -2.48. The molecule has 1 heterocycles. The Morgan fingerprint density at radius 3 is 2.56 bits per heavy atom. The highest BCUT2D eigenvalue weighted by Gasteiger charge is 2.52. The van der Waals surface area contributed by atoms with Crippen LogP contribution >= 0.6 is 0 Å². The van der Waals surface area contributed by atoms with Crippen molar-refractivity contribution in [3.63, 3.8) is 0 Å². The van der Waals surface area contributed by atoms with E-state index in [9.17, 15) is 0 Å². The Morgan fingerprint density at radius 2 is 1.80 bits per heavy atom. The summed E-state index contributed by atoms with van der Waals surface area (Å²) < 4.78 is 2.29. The summed E-state index contributed by atoms with van der Waals surface area (Å²) in [7, 11) is 2.17. The first-order valence-electron chi connectivity index (χ1n) is 9.48. The van der Waals surface area contributed by atoms with Gasteiger partial charge in [0.2, 0.25) is 5.69 Å². The summed E-state index contributed by atoms with van der Waals surface area (Å²) in [6.07, 6.45) is 4.89. The van der Waals surface area contributed by atoms with Crippen LogP contribution in [0.3, 0.4) is 0 Å². The number of aryl methyl sites for hydroxylation is 2. The summed E-state index contributed by atoms with van der Waals surface area (Å²) in [6.45, 7) is 7.16. The van der Waals surface area contributed by atoms with Crippen LogP contribution in [0.1, 0.15) is 42.9 Å². The minimum atomic E-state index is 0.460. The maximum atomic E-state index is 2.47. The van der Waals surface area contributed by atoms with E-state index in [0.29, 0.717) is 5.41 Å². The largest absolute Gasteiger partial charge is 0.220 e. The minimum Gasteiger partial charge on any atom is -0.200 e. The monoisotopic (exact) mass is 328 g/mol. The van der Waals surface area contributed by atoms with Gasteiger partial charge in [-0.1, -0.05) is 38.1 Å². The Bertz CT molecular complexity index is 1010. The fourth-order valence-corrected chi connectivity index (χ4v) is 5.40. The van der Waals surface area contributed by atoms with E-state index in [2.05, 4.69) is 81.0 Å². The van der Waals surface area contributed by atoms with Crippen molar-refractivity contribution in [2.24, 2.45) is 18.4 Å². The molecule has 0 aliphatic heterocycles. The molecule has 25 heavy (non-hydrogen) atoms. The van der Waals surface area contributed by atoms with Gasteiger partial charge < -0.3 is 0 Å². The standard InChI is InChI=1S/C24H26N/c1-15-7-5-6-8-18(15)23-20-10-9-16-13-17-14-21(24(17,2)3)22(16)19(20)11-12-25(23)4/h5-12,17,21H,13-14H2,1-4H3/q+1. The molecule has 6 rings (SSSR count). The van der Waals surface area contributed by atoms with Crippen LogP contribution in [0.25, 0.3) is 22.0 Å². The zero-order valence-electron chi connectivity index (χ0n) is 15.6. The maximum absolute atomic E-state index is 2.47. The summed E-state index contributed by atoms with van der Waals surface area (Å²) in [5.74, 6) is 1.60. The zero-order valence-corrected chi connectivity index (χ0v) is 15.6. The van der Waals surface area contributed by atoms with Crippen LogP contribution < -0.4 is 4.57 Å². The lowest BCUT2D eigenvalue weighted by molar-refractivity contribution is -0.659. The Balaban J connectivity index is 1.83. The minimum absolute atomic E-state index is 0.460. The molecule has 2 bridgehead atoms. The van der Waals surface area contributed by atoms with Crippen molar-refractivity contribution < 1.29 is 4.57 Å².